The number of hydrogen-bond donors (Lipinski definition) is 2. The van der Waals surface area contributed by atoms with Crippen molar-refractivity contribution in [3.8, 4) is 0 Å². The summed E-state index contributed by atoms with van der Waals surface area (Å²) in [5, 5.41) is 7.76. The van der Waals surface area contributed by atoms with Gasteiger partial charge < -0.3 is 11.1 Å². The van der Waals surface area contributed by atoms with Crippen LogP contribution in [-0.2, 0) is 17.4 Å². The standard InChI is InChI=1S/C23H24ClN9O2/c1-31-16-8-26-20(29-15-9-32-17(3-14(15)24)27-11-28-32)30-18(16)33(21(31)35)23-6-12-2-13(7-23)5-22(4-12,10-23)19(25)34/h3,8-9,11-13H,2,4-7,10H2,1H3,(H2,25,34)(H,26,29,30). The van der Waals surface area contributed by atoms with Crippen LogP contribution in [0.4, 0.5) is 11.6 Å². The summed E-state index contributed by atoms with van der Waals surface area (Å²) in [5.41, 5.74) is 7.17. The first kappa shape index (κ1) is 20.9. The number of pyridine rings is 1. The number of nitrogens with two attached hydrogens (primary N) is 1. The van der Waals surface area contributed by atoms with Crippen molar-refractivity contribution in [2.24, 2.45) is 30.0 Å². The third-order valence-corrected chi connectivity index (χ3v) is 8.75. The number of anilines is 2. The number of carbonyl (C=O) groups is 1. The van der Waals surface area contributed by atoms with E-state index < -0.39 is 11.0 Å². The van der Waals surface area contributed by atoms with Crippen molar-refractivity contribution < 1.29 is 4.79 Å². The Hall–Kier alpha value is -3.47. The van der Waals surface area contributed by atoms with E-state index in [2.05, 4.69) is 20.4 Å². The van der Waals surface area contributed by atoms with Crippen molar-refractivity contribution in [3.63, 3.8) is 0 Å². The van der Waals surface area contributed by atoms with Gasteiger partial charge in [0.1, 0.15) is 11.8 Å². The van der Waals surface area contributed by atoms with Gasteiger partial charge in [-0.15, -0.1) is 0 Å². The summed E-state index contributed by atoms with van der Waals surface area (Å²) in [6.45, 7) is 0. The molecule has 35 heavy (non-hydrogen) atoms. The lowest BCUT2D eigenvalue weighted by Crippen LogP contribution is -2.61. The summed E-state index contributed by atoms with van der Waals surface area (Å²) in [4.78, 5) is 39.6. The number of aryl methyl sites for hydroxylation is 1. The number of carbonyl (C=O) groups excluding carboxylic acids is 1. The Morgan fingerprint density at radius 3 is 2.74 bits per heavy atom. The first-order valence-electron chi connectivity index (χ1n) is 11.8. The summed E-state index contributed by atoms with van der Waals surface area (Å²) in [7, 11) is 1.73. The Morgan fingerprint density at radius 1 is 1.23 bits per heavy atom. The molecular formula is C23H24ClN9O2. The molecule has 4 fully saturated rings. The van der Waals surface area contributed by atoms with Crippen molar-refractivity contribution in [2.75, 3.05) is 5.32 Å². The molecule has 4 aliphatic carbocycles. The smallest absolute Gasteiger partial charge is 0.330 e. The molecule has 4 saturated carbocycles. The predicted octanol–water partition coefficient (Wildman–Crippen LogP) is 2.35. The topological polar surface area (TPSA) is 138 Å². The van der Waals surface area contributed by atoms with E-state index in [1.165, 1.54) is 6.33 Å². The van der Waals surface area contributed by atoms with Gasteiger partial charge in [0.05, 0.1) is 34.1 Å². The Morgan fingerprint density at radius 2 is 2.00 bits per heavy atom. The van der Waals surface area contributed by atoms with Crippen LogP contribution in [0.25, 0.3) is 16.8 Å². The van der Waals surface area contributed by atoms with Gasteiger partial charge in [-0.2, -0.15) is 10.1 Å². The highest BCUT2D eigenvalue weighted by molar-refractivity contribution is 6.33. The monoisotopic (exact) mass is 493 g/mol. The molecule has 11 nitrogen and oxygen atoms in total. The maximum atomic E-state index is 13.6. The molecule has 4 heterocycles. The Labute approximate surface area is 204 Å². The highest BCUT2D eigenvalue weighted by Crippen LogP contribution is 2.64. The number of halogens is 1. The molecular weight excluding hydrogens is 470 g/mol. The Bertz CT molecular complexity index is 1590. The lowest BCUT2D eigenvalue weighted by molar-refractivity contribution is -0.151. The Balaban J connectivity index is 1.36. The van der Waals surface area contributed by atoms with Crippen LogP contribution in [0.15, 0.2) is 29.6 Å². The Kier molecular flexibility index (Phi) is 4.06. The zero-order chi connectivity index (χ0) is 24.1. The molecule has 4 bridgehead atoms. The first-order chi connectivity index (χ1) is 16.8. The third kappa shape index (κ3) is 2.84. The SMILES string of the molecule is Cn1c(=O)n(C23CC4CC(CC(C(N)=O)(C4)C2)C3)c2nc(Nc3cn4ncnc4cc3Cl)ncc21. The molecule has 2 atom stereocenters. The average molecular weight is 494 g/mol. The van der Waals surface area contributed by atoms with Gasteiger partial charge in [-0.25, -0.2) is 19.3 Å². The largest absolute Gasteiger partial charge is 0.369 e. The number of primary amides is 1. The molecule has 0 spiro atoms. The predicted molar refractivity (Wildman–Crippen MR) is 128 cm³/mol. The van der Waals surface area contributed by atoms with Crippen LogP contribution in [0, 0.1) is 17.3 Å². The summed E-state index contributed by atoms with van der Waals surface area (Å²) in [6.07, 6.45) is 9.87. The molecule has 4 aromatic heterocycles. The van der Waals surface area contributed by atoms with E-state index in [1.54, 1.807) is 34.6 Å². The maximum Gasteiger partial charge on any atom is 0.330 e. The van der Waals surface area contributed by atoms with Crippen LogP contribution in [0.3, 0.4) is 0 Å². The highest BCUT2D eigenvalue weighted by Gasteiger charge is 2.61. The minimum Gasteiger partial charge on any atom is -0.369 e. The van der Waals surface area contributed by atoms with Crippen LogP contribution >= 0.6 is 11.6 Å². The van der Waals surface area contributed by atoms with E-state index in [4.69, 9.17) is 22.3 Å². The first-order valence-corrected chi connectivity index (χ1v) is 12.2. The summed E-state index contributed by atoms with van der Waals surface area (Å²) in [5.74, 6) is 0.851. The van der Waals surface area contributed by atoms with E-state index in [9.17, 15) is 9.59 Å². The van der Waals surface area contributed by atoms with E-state index >= 15 is 0 Å². The highest BCUT2D eigenvalue weighted by atomic mass is 35.5. The van der Waals surface area contributed by atoms with Gasteiger partial charge in [0.15, 0.2) is 11.3 Å². The second kappa shape index (κ2) is 6.81. The summed E-state index contributed by atoms with van der Waals surface area (Å²) >= 11 is 6.44. The van der Waals surface area contributed by atoms with Gasteiger partial charge in [-0.1, -0.05) is 11.6 Å². The molecule has 12 heteroatoms. The molecule has 180 valence electrons. The van der Waals surface area contributed by atoms with Gasteiger partial charge in [0.2, 0.25) is 11.9 Å². The molecule has 1 amide bonds. The van der Waals surface area contributed by atoms with E-state index in [1.807, 2.05) is 4.57 Å². The van der Waals surface area contributed by atoms with Crippen molar-refractivity contribution in [1.82, 2.24) is 33.7 Å². The van der Waals surface area contributed by atoms with E-state index in [-0.39, 0.29) is 11.6 Å². The molecule has 0 aliphatic heterocycles. The molecule has 0 aromatic carbocycles. The molecule has 4 aliphatic rings. The van der Waals surface area contributed by atoms with Crippen LogP contribution in [-0.4, -0.2) is 39.6 Å². The number of rotatable bonds is 4. The molecule has 3 N–H and O–H groups in total. The molecule has 0 saturated heterocycles. The second-order valence-corrected chi connectivity index (χ2v) is 11.0. The van der Waals surface area contributed by atoms with Crippen LogP contribution in [0.1, 0.15) is 38.5 Å². The lowest BCUT2D eigenvalue weighted by atomic mass is 9.46. The fourth-order valence-corrected chi connectivity index (χ4v) is 7.61. The van der Waals surface area contributed by atoms with E-state index in [0.717, 1.165) is 32.1 Å². The van der Waals surface area contributed by atoms with Gasteiger partial charge in [-0.3, -0.25) is 13.9 Å². The zero-order valence-electron chi connectivity index (χ0n) is 19.1. The number of aromatic nitrogens is 7. The quantitative estimate of drug-likeness (QED) is 0.445. The van der Waals surface area contributed by atoms with Crippen molar-refractivity contribution in [3.05, 3.63) is 40.3 Å². The third-order valence-electron chi connectivity index (χ3n) is 8.44. The fraction of sp³-hybridized carbons (Fsp3) is 0.478. The summed E-state index contributed by atoms with van der Waals surface area (Å²) < 4.78 is 5.01. The minimum atomic E-state index is -0.541. The van der Waals surface area contributed by atoms with Gasteiger partial charge >= 0.3 is 5.69 Å². The maximum absolute atomic E-state index is 13.6. The number of nitrogens with one attached hydrogen (secondary N) is 1. The minimum absolute atomic E-state index is 0.143. The van der Waals surface area contributed by atoms with Gasteiger partial charge in [0, 0.05) is 13.1 Å². The lowest BCUT2D eigenvalue weighted by Gasteiger charge is -2.60. The van der Waals surface area contributed by atoms with Crippen LogP contribution < -0.4 is 16.7 Å². The number of nitrogens with zero attached hydrogens (tertiary/aromatic N) is 7. The van der Waals surface area contributed by atoms with Gasteiger partial charge in [0.25, 0.3) is 0 Å². The molecule has 0 radical (unpaired) electrons. The average Bonchev–Trinajstić information content (AvgIpc) is 3.34. The van der Waals surface area contributed by atoms with E-state index in [0.29, 0.717) is 51.7 Å². The van der Waals surface area contributed by atoms with Crippen molar-refractivity contribution >= 4 is 46.0 Å². The van der Waals surface area contributed by atoms with Crippen LogP contribution in [0.5, 0.6) is 0 Å². The normalized spacial score (nSPS) is 29.3. The molecule has 2 unspecified atom stereocenters. The molecule has 8 rings (SSSR count). The van der Waals surface area contributed by atoms with Crippen molar-refractivity contribution in [1.29, 1.82) is 0 Å². The number of imidazole rings is 1. The fourth-order valence-electron chi connectivity index (χ4n) is 7.41. The number of fused-ring (bicyclic) bond motifs is 2. The van der Waals surface area contributed by atoms with Gasteiger partial charge in [-0.05, 0) is 50.4 Å². The van der Waals surface area contributed by atoms with Crippen molar-refractivity contribution in [2.45, 2.75) is 44.1 Å². The number of amides is 1. The summed E-state index contributed by atoms with van der Waals surface area (Å²) in [6, 6.07) is 1.70. The zero-order valence-corrected chi connectivity index (χ0v) is 19.9. The molecule has 4 aromatic rings. The second-order valence-electron chi connectivity index (χ2n) is 10.6. The number of hydrogen-bond acceptors (Lipinski definition) is 7. The van der Waals surface area contributed by atoms with Crippen LogP contribution in [0.2, 0.25) is 5.02 Å².